The molecule has 0 fully saturated rings. The van der Waals surface area contributed by atoms with E-state index in [0.717, 1.165) is 81.9 Å². The molecule has 127 heavy (non-hydrogen) atoms. The van der Waals surface area contributed by atoms with Crippen LogP contribution in [0.2, 0.25) is 0 Å². The summed E-state index contributed by atoms with van der Waals surface area (Å²) < 4.78 is 7.50. The molecule has 11 aromatic heterocycles. The number of aryl methyl sites for hydroxylation is 1. The molecule has 0 N–H and O–H groups in total. The summed E-state index contributed by atoms with van der Waals surface area (Å²) in [7, 11) is 0. The van der Waals surface area contributed by atoms with Crippen molar-refractivity contribution in [3.05, 3.63) is 115 Å². The van der Waals surface area contributed by atoms with Gasteiger partial charge in [-0.15, -0.1) is 125 Å². The minimum Gasteiger partial charge on any atom is -0.250 e. The van der Waals surface area contributed by atoms with Gasteiger partial charge in [0.05, 0.1) is 83.6 Å². The summed E-state index contributed by atoms with van der Waals surface area (Å²) in [5.74, 6) is 3.17. The van der Waals surface area contributed by atoms with Gasteiger partial charge in [-0.1, -0.05) is 371 Å². The van der Waals surface area contributed by atoms with Crippen molar-refractivity contribution in [2.75, 3.05) is 0 Å². The molecule has 0 aliphatic rings. The van der Waals surface area contributed by atoms with Gasteiger partial charge in [0.1, 0.15) is 30.0 Å². The molecule has 0 spiro atoms. The first-order valence-corrected chi connectivity index (χ1v) is 61.1. The summed E-state index contributed by atoms with van der Waals surface area (Å²) in [6.07, 6.45) is 76.5. The van der Waals surface area contributed by atoms with E-state index in [9.17, 15) is 0 Å². The average Bonchev–Trinajstić information content (AvgIpc) is 1.56. The van der Waals surface area contributed by atoms with Crippen LogP contribution in [0.25, 0.3) is 102 Å². The topological polar surface area (TPSA) is 90.2 Å². The third-order valence-corrected chi connectivity index (χ3v) is 39.8. The van der Waals surface area contributed by atoms with Gasteiger partial charge < -0.3 is 0 Å². The van der Waals surface area contributed by atoms with Crippen molar-refractivity contribution in [2.24, 2.45) is 23.7 Å². The molecule has 13 aromatic rings. The minimum atomic E-state index is 0. The van der Waals surface area contributed by atoms with Gasteiger partial charge in [-0.05, 0) is 150 Å². The van der Waals surface area contributed by atoms with E-state index < -0.39 is 0 Å². The summed E-state index contributed by atoms with van der Waals surface area (Å²) in [5.41, 5.74) is 6.69. The lowest BCUT2D eigenvalue weighted by atomic mass is 9.91. The highest BCUT2D eigenvalue weighted by atomic mass is 127. The summed E-state index contributed by atoms with van der Waals surface area (Å²) in [4.78, 5) is 46.9. The van der Waals surface area contributed by atoms with Crippen molar-refractivity contribution >= 4 is 211 Å². The minimum absolute atomic E-state index is 0. The molecule has 0 aliphatic heterocycles. The fourth-order valence-corrected chi connectivity index (χ4v) is 31.3. The number of fused-ring (bicyclic) bond motifs is 4. The summed E-state index contributed by atoms with van der Waals surface area (Å²) in [6, 6.07) is 19.0. The van der Waals surface area contributed by atoms with Crippen LogP contribution in [0.3, 0.4) is 0 Å². The Kier molecular flexibility index (Phi) is 50.7. The van der Waals surface area contributed by atoms with Crippen LogP contribution in [0.1, 0.15) is 396 Å². The molecule has 4 unspecified atom stereocenters. The van der Waals surface area contributed by atoms with E-state index in [1.807, 2.05) is 115 Å². The van der Waals surface area contributed by atoms with Gasteiger partial charge in [-0.3, -0.25) is 4.98 Å². The van der Waals surface area contributed by atoms with E-state index in [-0.39, 0.29) is 7.43 Å². The van der Waals surface area contributed by atoms with E-state index in [2.05, 4.69) is 165 Å². The molecule has 0 saturated heterocycles. The van der Waals surface area contributed by atoms with Crippen molar-refractivity contribution < 1.29 is 0 Å². The van der Waals surface area contributed by atoms with Crippen LogP contribution in [0.5, 0.6) is 0 Å². The number of hydrogen-bond acceptors (Lipinski definition) is 18. The molecular formula is C107H153I2N7S11. The number of hydrogen-bond donors (Lipinski definition) is 0. The van der Waals surface area contributed by atoms with Crippen LogP contribution in [0.15, 0.2) is 83.3 Å². The molecule has 0 bridgehead atoms. The highest BCUT2D eigenvalue weighted by molar-refractivity contribution is 14.1. The third kappa shape index (κ3) is 34.1. The van der Waals surface area contributed by atoms with Crippen molar-refractivity contribution in [3.8, 4) is 60.7 Å². The molecule has 696 valence electrons. The van der Waals surface area contributed by atoms with Crippen molar-refractivity contribution in [3.63, 3.8) is 0 Å². The maximum atomic E-state index is 5.56. The lowest BCUT2D eigenvalue weighted by Gasteiger charge is -2.16. The lowest BCUT2D eigenvalue weighted by molar-refractivity contribution is 0.404. The first-order valence-electron chi connectivity index (χ1n) is 49.8. The van der Waals surface area contributed by atoms with Crippen LogP contribution in [-0.2, 0) is 25.7 Å². The van der Waals surface area contributed by atoms with Gasteiger partial charge in [0.25, 0.3) is 0 Å². The molecule has 7 nitrogen and oxygen atoms in total. The largest absolute Gasteiger partial charge is 0.250 e. The molecule has 0 radical (unpaired) electrons. The summed E-state index contributed by atoms with van der Waals surface area (Å²) in [6.45, 7) is 20.5. The molecule has 4 atom stereocenters. The van der Waals surface area contributed by atoms with Crippen LogP contribution < -0.4 is 0 Å². The van der Waals surface area contributed by atoms with Crippen LogP contribution >= 0.6 is 170 Å². The smallest absolute Gasteiger partial charge is 0.134 e. The quantitative estimate of drug-likeness (QED) is 0.0277. The number of thiazole rings is 7. The zero-order valence-electron chi connectivity index (χ0n) is 78.0. The van der Waals surface area contributed by atoms with Gasteiger partial charge in [-0.2, -0.15) is 0 Å². The maximum absolute atomic E-state index is 5.56. The molecule has 0 aliphatic carbocycles. The normalized spacial score (nSPS) is 12.7. The Hall–Kier alpha value is -2.85. The first kappa shape index (κ1) is 106. The maximum Gasteiger partial charge on any atom is 0.134 e. The van der Waals surface area contributed by atoms with Crippen LogP contribution in [0, 0.1) is 37.7 Å². The monoisotopic (exact) mass is 2140 g/mol. The Morgan fingerprint density at radius 3 is 0.709 bits per heavy atom. The number of halogens is 2. The lowest BCUT2D eigenvalue weighted by Crippen LogP contribution is -2.04. The van der Waals surface area contributed by atoms with Crippen LogP contribution in [0.4, 0.5) is 0 Å². The second kappa shape index (κ2) is 60.6. The van der Waals surface area contributed by atoms with Crippen LogP contribution in [-0.4, -0.2) is 34.9 Å². The Balaban J connectivity index is 0.000000248. The first-order chi connectivity index (χ1) is 61.9. The highest BCUT2D eigenvalue weighted by Crippen LogP contribution is 2.53. The van der Waals surface area contributed by atoms with Crippen molar-refractivity contribution in [2.45, 2.75) is 404 Å². The van der Waals surface area contributed by atoms with E-state index in [4.69, 9.17) is 29.9 Å². The molecule has 0 amide bonds. The number of rotatable bonds is 62. The predicted molar refractivity (Wildman–Crippen MR) is 596 cm³/mol. The number of thiophene rings is 4. The molecule has 2 aromatic carbocycles. The SMILES string of the molecule is C.CCCCCCCCC(CCCCCC)Cc1ccc(-c2nc3c(-c4nccs4)c4sc(-c5ccc(CC(CCCCCC)CCCCCCCC)s5)nc4c(-c4nccs4)c3s2)s1.CCCCCCCCC(CCCCCC)Cc1ccc(-c2nc3c(I)c4sc(-c5ccc(CC(CCCCCC)CCCCCCCC)s5)nc4c(I)c3s2)s1.Cc1nccs1. The van der Waals surface area contributed by atoms with Gasteiger partial charge in [-0.25, -0.2) is 29.9 Å². The van der Waals surface area contributed by atoms with Crippen molar-refractivity contribution in [1.29, 1.82) is 0 Å². The number of nitrogens with zero attached hydrogens (tertiary/aromatic N) is 7. The van der Waals surface area contributed by atoms with E-state index >= 15 is 0 Å². The number of aromatic nitrogens is 7. The van der Waals surface area contributed by atoms with Crippen molar-refractivity contribution in [1.82, 2.24) is 34.9 Å². The fourth-order valence-electron chi connectivity index (χ4n) is 18.0. The summed E-state index contributed by atoms with van der Waals surface area (Å²) >= 11 is 25.5. The molecule has 13 rings (SSSR count). The Morgan fingerprint density at radius 1 is 0.252 bits per heavy atom. The molecule has 20 heteroatoms. The van der Waals surface area contributed by atoms with Gasteiger partial charge in [0.2, 0.25) is 0 Å². The molecule has 0 saturated carbocycles. The zero-order chi connectivity index (χ0) is 88.3. The number of benzene rings is 2. The third-order valence-electron chi connectivity index (χ3n) is 25.3. The van der Waals surface area contributed by atoms with E-state index in [1.165, 1.54) is 399 Å². The zero-order valence-corrected chi connectivity index (χ0v) is 91.3. The fraction of sp³-hybridized carbons (Fsp3) is 0.617. The highest BCUT2D eigenvalue weighted by Gasteiger charge is 2.29. The number of unbranched alkanes of at least 4 members (excludes halogenated alkanes) is 32. The second-order valence-corrected chi connectivity index (χ2v) is 49.6. The molecular weight excluding hydrogens is 1990 g/mol. The Labute approximate surface area is 839 Å². The Bertz CT molecular complexity index is 4660. The summed E-state index contributed by atoms with van der Waals surface area (Å²) in [5, 5.41) is 13.9. The second-order valence-electron chi connectivity index (χ2n) is 35.9. The van der Waals surface area contributed by atoms with Gasteiger partial charge >= 0.3 is 0 Å². The van der Waals surface area contributed by atoms with E-state index in [0.29, 0.717) is 0 Å². The predicted octanol–water partition coefficient (Wildman–Crippen LogP) is 41.8. The van der Waals surface area contributed by atoms with Gasteiger partial charge in [0, 0.05) is 54.2 Å². The van der Waals surface area contributed by atoms with E-state index in [1.54, 1.807) is 50.0 Å². The standard InChI is InChI=1S/C54H74N4S6.C48H70I2N2S4.C4H5NS.CH4/c1-5-9-13-17-19-23-27-39(25-21-15-11-7-3)37-41-29-31-43(61-41)51-57-47-45(53-55-33-35-59-53)50-48(46(49(47)63-51)54-56-34-36-60-54)58-52(64-50)44-32-30-42(62-44)38-40(26-22-16-12-8-4)28-24-20-18-14-10-6-2;1-5-9-13-17-19-23-27-35(25-21-15-11-7-3)33-37-29-31-39(53-37)47-51-43-41(49)46-44(42(50)45(43)55-47)52-48(56-46)40-32-30-38(54-40)34-36(26-22-16-12-8-4)28-24-20-18-14-10-6-2;1-4-5-2-3-6-4;/h29-36,39-40H,5-28,37-38H2,1-4H3;29-32,35-36H,5-28,33-34H2,1-4H3;2-3H,1H3;1H4. The molecule has 11 heterocycles. The van der Waals surface area contributed by atoms with Gasteiger partial charge in [0.15, 0.2) is 0 Å². The average molecular weight is 2140 g/mol. The Morgan fingerprint density at radius 2 is 0.480 bits per heavy atom.